The number of nitrogens with one attached hydrogen (secondary N) is 1. The number of hydrogen-bond donors (Lipinski definition) is 2. The van der Waals surface area contributed by atoms with E-state index in [-0.39, 0.29) is 11.5 Å². The highest BCUT2D eigenvalue weighted by atomic mass is 16.2. The van der Waals surface area contributed by atoms with Gasteiger partial charge in [0.1, 0.15) is 5.69 Å². The average molecular weight is 237 g/mol. The number of pyridine rings is 1. The number of nitrogens with zero attached hydrogens (tertiary/aromatic N) is 1. The molecule has 1 unspecified atom stereocenters. The molecule has 1 atom stereocenters. The number of carbonyl (C=O) groups excluding carboxylic acids is 1. The van der Waals surface area contributed by atoms with E-state index < -0.39 is 6.04 Å². The first-order chi connectivity index (χ1) is 7.97. The third-order valence-corrected chi connectivity index (χ3v) is 2.66. The van der Waals surface area contributed by atoms with Gasteiger partial charge >= 0.3 is 0 Å². The molecule has 0 aliphatic carbocycles. The van der Waals surface area contributed by atoms with Gasteiger partial charge in [-0.25, -0.2) is 0 Å². The number of anilines is 1. The van der Waals surface area contributed by atoms with Crippen molar-refractivity contribution in [3.63, 3.8) is 0 Å². The fourth-order valence-corrected chi connectivity index (χ4v) is 1.53. The number of nitrogens with two attached hydrogens (primary N) is 1. The van der Waals surface area contributed by atoms with Gasteiger partial charge in [-0.05, 0) is 25.0 Å². The molecule has 0 aliphatic heterocycles. The molecule has 5 nitrogen and oxygen atoms in total. The molecule has 1 rings (SSSR count). The van der Waals surface area contributed by atoms with Crippen molar-refractivity contribution in [3.8, 4) is 0 Å². The van der Waals surface area contributed by atoms with Gasteiger partial charge < -0.3 is 15.6 Å². The molecule has 0 saturated carbocycles. The maximum absolute atomic E-state index is 11.8. The van der Waals surface area contributed by atoms with Gasteiger partial charge in [-0.1, -0.05) is 13.3 Å². The molecule has 1 aromatic rings. The number of carbonyl (C=O) groups is 1. The number of amides is 1. The summed E-state index contributed by atoms with van der Waals surface area (Å²) >= 11 is 0. The molecule has 5 heteroatoms. The van der Waals surface area contributed by atoms with Crippen LogP contribution in [0.25, 0.3) is 0 Å². The quantitative estimate of drug-likeness (QED) is 0.811. The second-order valence-corrected chi connectivity index (χ2v) is 4.17. The van der Waals surface area contributed by atoms with Crippen LogP contribution in [0.3, 0.4) is 0 Å². The highest BCUT2D eigenvalue weighted by Gasteiger charge is 2.15. The van der Waals surface area contributed by atoms with E-state index in [4.69, 9.17) is 5.73 Å². The van der Waals surface area contributed by atoms with Gasteiger partial charge in [0.15, 0.2) is 0 Å². The number of hydrogen-bond acceptors (Lipinski definition) is 3. The molecule has 0 radical (unpaired) electrons. The Morgan fingerprint density at radius 1 is 1.59 bits per heavy atom. The van der Waals surface area contributed by atoms with E-state index in [0.29, 0.717) is 12.1 Å². The van der Waals surface area contributed by atoms with Crippen LogP contribution in [-0.4, -0.2) is 16.5 Å². The summed E-state index contributed by atoms with van der Waals surface area (Å²) in [5, 5.41) is 2.61. The first-order valence-corrected chi connectivity index (χ1v) is 5.70. The molecule has 1 aromatic heterocycles. The Kier molecular flexibility index (Phi) is 4.45. The van der Waals surface area contributed by atoms with E-state index in [0.717, 1.165) is 12.0 Å². The van der Waals surface area contributed by atoms with Gasteiger partial charge in [-0.2, -0.15) is 0 Å². The summed E-state index contributed by atoms with van der Waals surface area (Å²) in [6, 6.07) is 1.21. The molecule has 0 saturated heterocycles. The molecule has 94 valence electrons. The molecule has 17 heavy (non-hydrogen) atoms. The molecule has 1 heterocycles. The van der Waals surface area contributed by atoms with Crippen LogP contribution in [0.2, 0.25) is 0 Å². The van der Waals surface area contributed by atoms with Gasteiger partial charge in [-0.15, -0.1) is 0 Å². The topological polar surface area (TPSA) is 77.1 Å². The third kappa shape index (κ3) is 3.17. The number of aromatic nitrogens is 1. The predicted octanol–water partition coefficient (Wildman–Crippen LogP) is 0.760. The van der Waals surface area contributed by atoms with Crippen LogP contribution in [0.15, 0.2) is 17.1 Å². The third-order valence-electron chi connectivity index (χ3n) is 2.66. The highest BCUT2D eigenvalue weighted by Crippen LogP contribution is 2.08. The summed E-state index contributed by atoms with van der Waals surface area (Å²) in [7, 11) is 1.64. The Morgan fingerprint density at radius 2 is 2.24 bits per heavy atom. The van der Waals surface area contributed by atoms with Crippen molar-refractivity contribution < 1.29 is 4.79 Å². The summed E-state index contributed by atoms with van der Waals surface area (Å²) in [6.07, 6.45) is 3.11. The molecule has 1 amide bonds. The lowest BCUT2D eigenvalue weighted by Crippen LogP contribution is -2.37. The smallest absolute Gasteiger partial charge is 0.274 e. The van der Waals surface area contributed by atoms with Crippen molar-refractivity contribution in [2.45, 2.75) is 32.7 Å². The van der Waals surface area contributed by atoms with Crippen LogP contribution in [0, 0.1) is 6.92 Å². The van der Waals surface area contributed by atoms with E-state index in [1.807, 2.05) is 6.92 Å². The standard InChI is InChI=1S/C12H19N3O2/c1-4-5-9(13)11(16)14-10-8(2)6-7-15(3)12(10)17/h6-7,9H,4-5,13H2,1-3H3,(H,14,16). The highest BCUT2D eigenvalue weighted by molar-refractivity contribution is 5.95. The van der Waals surface area contributed by atoms with E-state index in [2.05, 4.69) is 5.32 Å². The number of rotatable bonds is 4. The molecule has 0 aromatic carbocycles. The maximum Gasteiger partial charge on any atom is 0.274 e. The zero-order valence-electron chi connectivity index (χ0n) is 10.5. The van der Waals surface area contributed by atoms with Crippen molar-refractivity contribution in [1.82, 2.24) is 4.57 Å². The zero-order chi connectivity index (χ0) is 13.0. The van der Waals surface area contributed by atoms with Crippen LogP contribution < -0.4 is 16.6 Å². The summed E-state index contributed by atoms with van der Waals surface area (Å²) in [5.41, 5.74) is 6.53. The molecule has 0 spiro atoms. The van der Waals surface area contributed by atoms with E-state index in [1.165, 1.54) is 4.57 Å². The molecule has 0 bridgehead atoms. The second kappa shape index (κ2) is 5.63. The molecule has 0 fully saturated rings. The summed E-state index contributed by atoms with van der Waals surface area (Å²) in [6.45, 7) is 3.74. The summed E-state index contributed by atoms with van der Waals surface area (Å²) in [4.78, 5) is 23.5. The fourth-order valence-electron chi connectivity index (χ4n) is 1.53. The van der Waals surface area contributed by atoms with Gasteiger partial charge in [-0.3, -0.25) is 9.59 Å². The minimum absolute atomic E-state index is 0.220. The van der Waals surface area contributed by atoms with Crippen LogP contribution in [0.4, 0.5) is 5.69 Å². The SMILES string of the molecule is CCCC(N)C(=O)Nc1c(C)ccn(C)c1=O. The Morgan fingerprint density at radius 3 is 2.82 bits per heavy atom. The first kappa shape index (κ1) is 13.4. The van der Waals surface area contributed by atoms with Gasteiger partial charge in [0.25, 0.3) is 5.56 Å². The van der Waals surface area contributed by atoms with Gasteiger partial charge in [0.2, 0.25) is 5.91 Å². The minimum Gasteiger partial charge on any atom is -0.320 e. The molecular formula is C12H19N3O2. The maximum atomic E-state index is 11.8. The predicted molar refractivity (Wildman–Crippen MR) is 67.9 cm³/mol. The lowest BCUT2D eigenvalue weighted by atomic mass is 10.1. The van der Waals surface area contributed by atoms with Crippen molar-refractivity contribution in [2.75, 3.05) is 5.32 Å². The molecule has 3 N–H and O–H groups in total. The normalized spacial score (nSPS) is 12.2. The molecule has 0 aliphatic rings. The Hall–Kier alpha value is -1.62. The average Bonchev–Trinajstić information content (AvgIpc) is 2.29. The largest absolute Gasteiger partial charge is 0.320 e. The van der Waals surface area contributed by atoms with Gasteiger partial charge in [0.05, 0.1) is 6.04 Å². The van der Waals surface area contributed by atoms with Crippen LogP contribution in [-0.2, 0) is 11.8 Å². The van der Waals surface area contributed by atoms with Crippen molar-refractivity contribution in [2.24, 2.45) is 12.8 Å². The van der Waals surface area contributed by atoms with E-state index in [9.17, 15) is 9.59 Å². The summed E-state index contributed by atoms with van der Waals surface area (Å²) < 4.78 is 1.42. The van der Waals surface area contributed by atoms with Crippen molar-refractivity contribution in [3.05, 3.63) is 28.2 Å². The van der Waals surface area contributed by atoms with E-state index >= 15 is 0 Å². The first-order valence-electron chi connectivity index (χ1n) is 5.70. The van der Waals surface area contributed by atoms with Crippen LogP contribution in [0.1, 0.15) is 25.3 Å². The Bertz CT molecular complexity index is 465. The second-order valence-electron chi connectivity index (χ2n) is 4.17. The van der Waals surface area contributed by atoms with Gasteiger partial charge in [0, 0.05) is 13.2 Å². The lowest BCUT2D eigenvalue weighted by molar-refractivity contribution is -0.117. The van der Waals surface area contributed by atoms with Crippen LogP contribution in [0.5, 0.6) is 0 Å². The fraction of sp³-hybridized carbons (Fsp3) is 0.500. The monoisotopic (exact) mass is 237 g/mol. The van der Waals surface area contributed by atoms with Crippen molar-refractivity contribution in [1.29, 1.82) is 0 Å². The zero-order valence-corrected chi connectivity index (χ0v) is 10.5. The summed E-state index contributed by atoms with van der Waals surface area (Å²) in [5.74, 6) is -0.307. The Labute approximate surface area is 101 Å². The lowest BCUT2D eigenvalue weighted by Gasteiger charge is -2.13. The van der Waals surface area contributed by atoms with Crippen molar-refractivity contribution >= 4 is 11.6 Å². The number of aryl methyl sites for hydroxylation is 2. The Balaban J connectivity index is 2.92. The minimum atomic E-state index is -0.565. The van der Waals surface area contributed by atoms with Crippen LogP contribution >= 0.6 is 0 Å². The molecular weight excluding hydrogens is 218 g/mol. The van der Waals surface area contributed by atoms with E-state index in [1.54, 1.807) is 26.2 Å².